The van der Waals surface area contributed by atoms with Gasteiger partial charge in [0.15, 0.2) is 5.69 Å². The van der Waals surface area contributed by atoms with E-state index in [4.69, 9.17) is 11.6 Å². The van der Waals surface area contributed by atoms with Crippen LogP contribution in [0.5, 0.6) is 0 Å². The summed E-state index contributed by atoms with van der Waals surface area (Å²) in [6.45, 7) is 0.939. The third-order valence-electron chi connectivity index (χ3n) is 6.15. The van der Waals surface area contributed by atoms with Gasteiger partial charge in [-0.25, -0.2) is 4.68 Å². The number of carbonyl (C=O) groups excluding carboxylic acids is 2. The highest BCUT2D eigenvalue weighted by Gasteiger charge is 2.40. The number of anilines is 1. The highest BCUT2D eigenvalue weighted by atomic mass is 35.5. The number of pyridine rings is 1. The fourth-order valence-electron chi connectivity index (χ4n) is 4.48. The Labute approximate surface area is 185 Å². The van der Waals surface area contributed by atoms with Crippen molar-refractivity contribution in [2.24, 2.45) is 0 Å². The van der Waals surface area contributed by atoms with Crippen LogP contribution in [0, 0.1) is 0 Å². The van der Waals surface area contributed by atoms with E-state index in [1.54, 1.807) is 33.9 Å². The first kappa shape index (κ1) is 19.8. The van der Waals surface area contributed by atoms with Crippen molar-refractivity contribution in [3.05, 3.63) is 76.3 Å². The molecule has 3 aromatic rings. The zero-order valence-electron chi connectivity index (χ0n) is 17.2. The monoisotopic (exact) mass is 435 g/mol. The molecule has 4 heterocycles. The van der Waals surface area contributed by atoms with Crippen LogP contribution in [0.25, 0.3) is 0 Å². The first-order valence-electron chi connectivity index (χ1n) is 10.3. The van der Waals surface area contributed by atoms with Gasteiger partial charge in [-0.2, -0.15) is 5.10 Å². The highest BCUT2D eigenvalue weighted by molar-refractivity contribution is 6.31. The van der Waals surface area contributed by atoms with Gasteiger partial charge in [-0.05, 0) is 36.5 Å². The number of fused-ring (bicyclic) bond motifs is 2. The van der Waals surface area contributed by atoms with E-state index in [9.17, 15) is 9.59 Å². The summed E-state index contributed by atoms with van der Waals surface area (Å²) < 4.78 is 1.67. The molecule has 5 rings (SSSR count). The van der Waals surface area contributed by atoms with E-state index in [1.165, 1.54) is 0 Å². The molecule has 0 N–H and O–H groups in total. The fraction of sp³-hybridized carbons (Fsp3) is 0.304. The Hall–Kier alpha value is -3.19. The molecule has 8 heteroatoms. The van der Waals surface area contributed by atoms with E-state index in [-0.39, 0.29) is 11.8 Å². The van der Waals surface area contributed by atoms with Crippen molar-refractivity contribution in [1.82, 2.24) is 19.7 Å². The summed E-state index contributed by atoms with van der Waals surface area (Å²) in [6, 6.07) is 11.3. The third-order valence-corrected chi connectivity index (χ3v) is 6.57. The number of halogens is 1. The zero-order chi connectivity index (χ0) is 21.5. The van der Waals surface area contributed by atoms with Gasteiger partial charge < -0.3 is 9.80 Å². The molecule has 2 aliphatic rings. The Morgan fingerprint density at radius 3 is 2.74 bits per heavy atom. The van der Waals surface area contributed by atoms with Crippen LogP contribution in [0.3, 0.4) is 0 Å². The zero-order valence-corrected chi connectivity index (χ0v) is 17.9. The molecule has 0 bridgehead atoms. The van der Waals surface area contributed by atoms with E-state index in [1.807, 2.05) is 36.4 Å². The standard InChI is InChI=1S/C23H22ClN5O2/c1-27-19-13-25-11-9-16(19)7-8-18(22(27)30)28-12-10-17-20(23(28)31)26-29(21(17)24)14-15-5-3-2-4-6-15/h2-6,9,11,13,18H,7-8,10,12,14H2,1H3. The van der Waals surface area contributed by atoms with E-state index in [2.05, 4.69) is 10.1 Å². The molecule has 2 amide bonds. The van der Waals surface area contributed by atoms with E-state index < -0.39 is 6.04 Å². The van der Waals surface area contributed by atoms with Crippen molar-refractivity contribution in [1.29, 1.82) is 0 Å². The summed E-state index contributed by atoms with van der Waals surface area (Å²) in [6.07, 6.45) is 5.29. The molecule has 0 saturated heterocycles. The third kappa shape index (κ3) is 3.39. The average molecular weight is 436 g/mol. The lowest BCUT2D eigenvalue weighted by atomic mass is 10.0. The predicted octanol–water partition coefficient (Wildman–Crippen LogP) is 2.96. The number of hydrogen-bond donors (Lipinski definition) is 0. The van der Waals surface area contributed by atoms with Crippen LogP contribution in [-0.4, -0.2) is 51.1 Å². The molecule has 0 spiro atoms. The molecule has 0 aliphatic carbocycles. The minimum Gasteiger partial charge on any atom is -0.325 e. The lowest BCUT2D eigenvalue weighted by Crippen LogP contribution is -2.52. The quantitative estimate of drug-likeness (QED) is 0.634. The normalized spacial score (nSPS) is 18.6. The van der Waals surface area contributed by atoms with Crippen LogP contribution in [0.2, 0.25) is 5.15 Å². The van der Waals surface area contributed by atoms with Gasteiger partial charge in [-0.1, -0.05) is 41.9 Å². The molecule has 0 radical (unpaired) electrons. The second-order valence-electron chi connectivity index (χ2n) is 7.97. The summed E-state index contributed by atoms with van der Waals surface area (Å²) >= 11 is 6.58. The van der Waals surface area contributed by atoms with E-state index in [0.29, 0.717) is 43.2 Å². The summed E-state index contributed by atoms with van der Waals surface area (Å²) in [5.41, 5.74) is 4.04. The van der Waals surface area contributed by atoms with Crippen LogP contribution in [-0.2, 0) is 24.2 Å². The summed E-state index contributed by atoms with van der Waals surface area (Å²) in [7, 11) is 1.74. The number of nitrogens with zero attached hydrogens (tertiary/aromatic N) is 5. The van der Waals surface area contributed by atoms with Crippen LogP contribution >= 0.6 is 11.6 Å². The SMILES string of the molecule is CN1C(=O)C(N2CCc3c(nn(Cc4ccccc4)c3Cl)C2=O)CCc2ccncc21. The molecule has 1 atom stereocenters. The van der Waals surface area contributed by atoms with Crippen LogP contribution in [0.1, 0.15) is 33.6 Å². The Kier molecular flexibility index (Phi) is 4.98. The largest absolute Gasteiger partial charge is 0.325 e. The molecule has 2 aromatic heterocycles. The topological polar surface area (TPSA) is 71.3 Å². The minimum absolute atomic E-state index is 0.0987. The van der Waals surface area contributed by atoms with E-state index >= 15 is 0 Å². The molecule has 158 valence electrons. The second-order valence-corrected chi connectivity index (χ2v) is 8.32. The minimum atomic E-state index is -0.531. The van der Waals surface area contributed by atoms with Gasteiger partial charge in [-0.3, -0.25) is 14.6 Å². The Bertz CT molecular complexity index is 1160. The Balaban J connectivity index is 1.42. The van der Waals surface area contributed by atoms with Crippen molar-refractivity contribution in [3.8, 4) is 0 Å². The number of aryl methyl sites for hydroxylation is 1. The lowest BCUT2D eigenvalue weighted by molar-refractivity contribution is -0.122. The number of rotatable bonds is 3. The Morgan fingerprint density at radius 1 is 1.13 bits per heavy atom. The maximum Gasteiger partial charge on any atom is 0.275 e. The molecule has 1 aromatic carbocycles. The predicted molar refractivity (Wildman–Crippen MR) is 117 cm³/mol. The number of benzene rings is 1. The van der Waals surface area contributed by atoms with Gasteiger partial charge in [0.1, 0.15) is 11.2 Å². The van der Waals surface area contributed by atoms with Gasteiger partial charge in [0, 0.05) is 25.4 Å². The summed E-state index contributed by atoms with van der Waals surface area (Å²) in [5, 5.41) is 5.03. The smallest absolute Gasteiger partial charge is 0.275 e. The number of aromatic nitrogens is 3. The molecule has 0 fully saturated rings. The summed E-state index contributed by atoms with van der Waals surface area (Å²) in [5.74, 6) is -0.329. The highest BCUT2D eigenvalue weighted by Crippen LogP contribution is 2.31. The van der Waals surface area contributed by atoms with Crippen molar-refractivity contribution in [2.45, 2.75) is 31.8 Å². The first-order chi connectivity index (χ1) is 15.0. The molecule has 7 nitrogen and oxygen atoms in total. The maximum absolute atomic E-state index is 13.4. The second kappa shape index (κ2) is 7.81. The van der Waals surface area contributed by atoms with Gasteiger partial charge in [0.05, 0.1) is 18.4 Å². The average Bonchev–Trinajstić information content (AvgIpc) is 3.05. The molecular formula is C23H22ClN5O2. The van der Waals surface area contributed by atoms with Crippen molar-refractivity contribution in [3.63, 3.8) is 0 Å². The van der Waals surface area contributed by atoms with Crippen molar-refractivity contribution >= 4 is 29.1 Å². The van der Waals surface area contributed by atoms with Gasteiger partial charge in [0.2, 0.25) is 5.91 Å². The molecule has 0 saturated carbocycles. The lowest BCUT2D eigenvalue weighted by Gasteiger charge is -2.33. The van der Waals surface area contributed by atoms with Gasteiger partial charge >= 0.3 is 0 Å². The van der Waals surface area contributed by atoms with E-state index in [0.717, 1.165) is 22.4 Å². The van der Waals surface area contributed by atoms with Crippen molar-refractivity contribution < 1.29 is 9.59 Å². The number of likely N-dealkylation sites (N-methyl/N-ethyl adjacent to an activating group) is 1. The number of hydrogen-bond acceptors (Lipinski definition) is 4. The number of amides is 2. The summed E-state index contributed by atoms with van der Waals surface area (Å²) in [4.78, 5) is 34.0. The van der Waals surface area contributed by atoms with Crippen LogP contribution in [0.4, 0.5) is 5.69 Å². The number of carbonyl (C=O) groups is 2. The van der Waals surface area contributed by atoms with Crippen LogP contribution in [0.15, 0.2) is 48.8 Å². The molecule has 1 unspecified atom stereocenters. The first-order valence-corrected chi connectivity index (χ1v) is 10.7. The molecule has 31 heavy (non-hydrogen) atoms. The van der Waals surface area contributed by atoms with Crippen LogP contribution < -0.4 is 4.90 Å². The fourth-order valence-corrected chi connectivity index (χ4v) is 4.76. The van der Waals surface area contributed by atoms with Crippen molar-refractivity contribution in [2.75, 3.05) is 18.5 Å². The van der Waals surface area contributed by atoms with Gasteiger partial charge in [-0.15, -0.1) is 0 Å². The van der Waals surface area contributed by atoms with Gasteiger partial charge in [0.25, 0.3) is 5.91 Å². The molecule has 2 aliphatic heterocycles. The maximum atomic E-state index is 13.4. The molecular weight excluding hydrogens is 414 g/mol. The Morgan fingerprint density at radius 2 is 1.94 bits per heavy atom.